The monoisotopic (exact) mass is 353 g/mol. The molecule has 0 atom stereocenters. The number of hydrogen-bond acceptors (Lipinski definition) is 3. The van der Waals surface area contributed by atoms with Gasteiger partial charge in [0.1, 0.15) is 5.82 Å². The number of sulfone groups is 1. The maximum absolute atomic E-state index is 12.9. The van der Waals surface area contributed by atoms with Gasteiger partial charge in [-0.05, 0) is 53.6 Å². The molecule has 0 amide bonds. The lowest BCUT2D eigenvalue weighted by molar-refractivity contribution is 0.596. The topological polar surface area (TPSA) is 60.2 Å². The SMILES string of the molecule is Nc1cccc(S(=O)(=O)c2ccc(C=Cc3ccc(F)cc3)cc2)c1. The second-order valence-electron chi connectivity index (χ2n) is 5.53. The Balaban J connectivity index is 1.83. The fourth-order valence-electron chi connectivity index (χ4n) is 2.34. The summed E-state index contributed by atoms with van der Waals surface area (Å²) >= 11 is 0. The summed E-state index contributed by atoms with van der Waals surface area (Å²) in [7, 11) is -3.60. The average molecular weight is 353 g/mol. The van der Waals surface area contributed by atoms with Gasteiger partial charge in [-0.15, -0.1) is 0 Å². The largest absolute Gasteiger partial charge is 0.399 e. The number of anilines is 1. The quantitative estimate of drug-likeness (QED) is 0.558. The lowest BCUT2D eigenvalue weighted by atomic mass is 10.1. The van der Waals surface area contributed by atoms with E-state index < -0.39 is 9.84 Å². The van der Waals surface area contributed by atoms with Gasteiger partial charge in [-0.2, -0.15) is 0 Å². The zero-order chi connectivity index (χ0) is 17.9. The van der Waals surface area contributed by atoms with Crippen molar-refractivity contribution in [3.05, 3.63) is 89.7 Å². The summed E-state index contributed by atoms with van der Waals surface area (Å²) in [5.41, 5.74) is 7.77. The van der Waals surface area contributed by atoms with E-state index in [4.69, 9.17) is 5.73 Å². The molecule has 0 saturated carbocycles. The molecule has 0 aliphatic carbocycles. The van der Waals surface area contributed by atoms with Crippen LogP contribution in [0.1, 0.15) is 11.1 Å². The van der Waals surface area contributed by atoms with Gasteiger partial charge in [0.15, 0.2) is 0 Å². The molecule has 0 aromatic heterocycles. The molecule has 25 heavy (non-hydrogen) atoms. The Morgan fingerprint density at radius 2 is 1.32 bits per heavy atom. The number of rotatable bonds is 4. The van der Waals surface area contributed by atoms with Crippen molar-refractivity contribution >= 4 is 27.7 Å². The first-order valence-corrected chi connectivity index (χ1v) is 9.08. The first-order valence-electron chi connectivity index (χ1n) is 7.59. The van der Waals surface area contributed by atoms with Crippen LogP contribution in [0.3, 0.4) is 0 Å². The van der Waals surface area contributed by atoms with Crippen LogP contribution in [0.25, 0.3) is 12.2 Å². The molecule has 3 nitrogen and oxygen atoms in total. The second kappa shape index (κ2) is 6.91. The third-order valence-electron chi connectivity index (χ3n) is 3.70. The minimum Gasteiger partial charge on any atom is -0.399 e. The van der Waals surface area contributed by atoms with E-state index in [1.807, 2.05) is 12.2 Å². The van der Waals surface area contributed by atoms with E-state index >= 15 is 0 Å². The van der Waals surface area contributed by atoms with Gasteiger partial charge in [0.2, 0.25) is 9.84 Å². The maximum Gasteiger partial charge on any atom is 0.206 e. The van der Waals surface area contributed by atoms with Crippen LogP contribution < -0.4 is 5.73 Å². The molecule has 0 bridgehead atoms. The van der Waals surface area contributed by atoms with E-state index in [-0.39, 0.29) is 15.6 Å². The van der Waals surface area contributed by atoms with E-state index in [0.29, 0.717) is 5.69 Å². The molecule has 3 aromatic rings. The van der Waals surface area contributed by atoms with Gasteiger partial charge in [-0.3, -0.25) is 0 Å². The van der Waals surface area contributed by atoms with Crippen molar-refractivity contribution in [3.8, 4) is 0 Å². The van der Waals surface area contributed by atoms with Crippen LogP contribution in [0.15, 0.2) is 82.6 Å². The molecule has 0 aliphatic heterocycles. The third-order valence-corrected chi connectivity index (χ3v) is 5.46. The van der Waals surface area contributed by atoms with Crippen LogP contribution in [0.2, 0.25) is 0 Å². The Morgan fingerprint density at radius 3 is 1.88 bits per heavy atom. The van der Waals surface area contributed by atoms with Gasteiger partial charge in [0.05, 0.1) is 9.79 Å². The Labute approximate surface area is 146 Å². The molecule has 0 heterocycles. The summed E-state index contributed by atoms with van der Waals surface area (Å²) in [6.45, 7) is 0. The van der Waals surface area contributed by atoms with Crippen LogP contribution >= 0.6 is 0 Å². The highest BCUT2D eigenvalue weighted by Gasteiger charge is 2.17. The predicted molar refractivity (Wildman–Crippen MR) is 98.1 cm³/mol. The van der Waals surface area contributed by atoms with Crippen molar-refractivity contribution in [1.82, 2.24) is 0 Å². The number of nitrogen functional groups attached to an aromatic ring is 1. The molecule has 2 N–H and O–H groups in total. The van der Waals surface area contributed by atoms with Crippen molar-refractivity contribution < 1.29 is 12.8 Å². The third kappa shape index (κ3) is 3.95. The Kier molecular flexibility index (Phi) is 4.67. The highest BCUT2D eigenvalue weighted by Crippen LogP contribution is 2.23. The molecule has 3 rings (SSSR count). The van der Waals surface area contributed by atoms with Crippen LogP contribution in [-0.2, 0) is 9.84 Å². The van der Waals surface area contributed by atoms with E-state index in [0.717, 1.165) is 11.1 Å². The van der Waals surface area contributed by atoms with Crippen molar-refractivity contribution in [2.75, 3.05) is 5.73 Å². The lowest BCUT2D eigenvalue weighted by Crippen LogP contribution is -2.02. The highest BCUT2D eigenvalue weighted by atomic mass is 32.2. The van der Waals surface area contributed by atoms with Crippen molar-refractivity contribution in [2.24, 2.45) is 0 Å². The summed E-state index contributed by atoms with van der Waals surface area (Å²) in [6, 6.07) is 18.9. The average Bonchev–Trinajstić information content (AvgIpc) is 2.62. The molecule has 5 heteroatoms. The molecule has 0 spiro atoms. The number of hydrogen-bond donors (Lipinski definition) is 1. The molecule has 3 aromatic carbocycles. The van der Waals surface area contributed by atoms with E-state index in [9.17, 15) is 12.8 Å². The molecule has 0 saturated heterocycles. The molecule has 0 unspecified atom stereocenters. The normalized spacial score (nSPS) is 11.7. The number of halogens is 1. The van der Waals surface area contributed by atoms with Crippen LogP contribution in [0, 0.1) is 5.82 Å². The lowest BCUT2D eigenvalue weighted by Gasteiger charge is -2.06. The molecule has 0 radical (unpaired) electrons. The molecule has 0 fully saturated rings. The van der Waals surface area contributed by atoms with Crippen LogP contribution in [-0.4, -0.2) is 8.42 Å². The summed E-state index contributed by atoms with van der Waals surface area (Å²) in [5.74, 6) is -0.284. The summed E-state index contributed by atoms with van der Waals surface area (Å²) in [5, 5.41) is 0. The molecular formula is C20H16FNO2S. The number of nitrogens with two attached hydrogens (primary N) is 1. The second-order valence-corrected chi connectivity index (χ2v) is 7.48. The first-order chi connectivity index (χ1) is 11.9. The summed E-state index contributed by atoms with van der Waals surface area (Å²) < 4.78 is 38.1. The summed E-state index contributed by atoms with van der Waals surface area (Å²) in [6.07, 6.45) is 3.67. The van der Waals surface area contributed by atoms with E-state index in [1.54, 1.807) is 48.5 Å². The molecule has 126 valence electrons. The van der Waals surface area contributed by atoms with Gasteiger partial charge in [-0.1, -0.05) is 42.5 Å². The standard InChI is InChI=1S/C20H16FNO2S/c21-17-10-6-15(7-11-17)4-5-16-8-12-19(13-9-16)25(23,24)20-3-1-2-18(22)14-20/h1-14H,22H2. The number of benzene rings is 3. The zero-order valence-corrected chi connectivity index (χ0v) is 14.1. The van der Waals surface area contributed by atoms with Crippen molar-refractivity contribution in [1.29, 1.82) is 0 Å². The highest BCUT2D eigenvalue weighted by molar-refractivity contribution is 7.91. The first kappa shape index (κ1) is 16.9. The van der Waals surface area contributed by atoms with Crippen molar-refractivity contribution in [3.63, 3.8) is 0 Å². The summed E-state index contributed by atoms with van der Waals surface area (Å²) in [4.78, 5) is 0.374. The minimum atomic E-state index is -3.60. The minimum absolute atomic E-state index is 0.169. The van der Waals surface area contributed by atoms with Gasteiger partial charge < -0.3 is 5.73 Å². The van der Waals surface area contributed by atoms with Gasteiger partial charge in [-0.25, -0.2) is 12.8 Å². The predicted octanol–water partition coefficient (Wildman–Crippen LogP) is 4.41. The fourth-order valence-corrected chi connectivity index (χ4v) is 3.66. The van der Waals surface area contributed by atoms with Gasteiger partial charge in [0, 0.05) is 5.69 Å². The smallest absolute Gasteiger partial charge is 0.206 e. The Hall–Kier alpha value is -2.92. The van der Waals surface area contributed by atoms with E-state index in [2.05, 4.69) is 0 Å². The Bertz CT molecular complexity index is 1010. The Morgan fingerprint density at radius 1 is 0.760 bits per heavy atom. The molecule has 0 aliphatic rings. The fraction of sp³-hybridized carbons (Fsp3) is 0. The van der Waals surface area contributed by atoms with Gasteiger partial charge >= 0.3 is 0 Å². The van der Waals surface area contributed by atoms with Crippen LogP contribution in [0.4, 0.5) is 10.1 Å². The van der Waals surface area contributed by atoms with Gasteiger partial charge in [0.25, 0.3) is 0 Å². The maximum atomic E-state index is 12.9. The van der Waals surface area contributed by atoms with Crippen LogP contribution in [0.5, 0.6) is 0 Å². The zero-order valence-electron chi connectivity index (χ0n) is 13.3. The van der Waals surface area contributed by atoms with Crippen molar-refractivity contribution in [2.45, 2.75) is 9.79 Å². The molecular weight excluding hydrogens is 337 g/mol. The van der Waals surface area contributed by atoms with E-state index in [1.165, 1.54) is 24.3 Å².